The zero-order valence-corrected chi connectivity index (χ0v) is 18.7. The van der Waals surface area contributed by atoms with Gasteiger partial charge in [-0.3, -0.25) is 9.59 Å². The first-order chi connectivity index (χ1) is 13.6. The quantitative estimate of drug-likeness (QED) is 0.151. The largest absolute Gasteiger partial charge is 0.400 e. The van der Waals surface area contributed by atoms with E-state index >= 15 is 0 Å². The summed E-state index contributed by atoms with van der Waals surface area (Å²) >= 11 is 4.25. The fourth-order valence-electron chi connectivity index (χ4n) is 1.68. The van der Waals surface area contributed by atoms with E-state index in [2.05, 4.69) is 28.6 Å². The first-order valence-electron chi connectivity index (χ1n) is 8.74. The monoisotopic (exact) mass is 428 g/mol. The highest BCUT2D eigenvalue weighted by Gasteiger charge is 2.10. The molecule has 0 aromatic heterocycles. The second-order valence-electron chi connectivity index (χ2n) is 6.60. The van der Waals surface area contributed by atoms with Gasteiger partial charge in [-0.1, -0.05) is 17.7 Å². The average molecular weight is 429 g/mol. The second-order valence-corrected chi connectivity index (χ2v) is 7.12. The number of benzene rings is 1. The van der Waals surface area contributed by atoms with Gasteiger partial charge in [0.05, 0.1) is 5.57 Å². The zero-order valence-electron chi connectivity index (χ0n) is 17.9. The molecule has 1 unspecified atom stereocenters. The summed E-state index contributed by atoms with van der Waals surface area (Å²) in [5.74, 6) is -0.810. The van der Waals surface area contributed by atoms with Crippen LogP contribution in [-0.2, 0) is 4.79 Å². The Morgan fingerprint density at radius 3 is 2.10 bits per heavy atom. The normalized spacial score (nSPS) is 12.0. The van der Waals surface area contributed by atoms with Gasteiger partial charge in [0.2, 0.25) is 5.91 Å². The maximum atomic E-state index is 12.1. The first-order valence-corrected chi connectivity index (χ1v) is 9.25. The summed E-state index contributed by atoms with van der Waals surface area (Å²) in [7, 11) is 2.00. The molecule has 0 spiro atoms. The lowest BCUT2D eigenvalue weighted by Gasteiger charge is -2.19. The summed E-state index contributed by atoms with van der Waals surface area (Å²) in [6.45, 7) is 7.85. The van der Waals surface area contributed by atoms with Crippen molar-refractivity contribution in [1.82, 2.24) is 16.0 Å². The number of hydrogen-bond donors (Lipinski definition) is 7. The third-order valence-corrected chi connectivity index (χ3v) is 3.32. The minimum atomic E-state index is -0.616. The number of nitrogens with two attached hydrogens (primary N) is 1. The number of hydrogen-bond acceptors (Lipinski definition) is 7. The Balaban J connectivity index is -0.00000137. The molecule has 1 atom stereocenters. The minimum absolute atomic E-state index is 0. The zero-order chi connectivity index (χ0) is 23.0. The Morgan fingerprint density at radius 2 is 1.66 bits per heavy atom. The van der Waals surface area contributed by atoms with Crippen LogP contribution in [0.3, 0.4) is 0 Å². The van der Waals surface area contributed by atoms with E-state index in [4.69, 9.17) is 15.9 Å². The molecule has 0 aliphatic rings. The predicted molar refractivity (Wildman–Crippen MR) is 122 cm³/mol. The van der Waals surface area contributed by atoms with Gasteiger partial charge in [0, 0.05) is 32.9 Å². The summed E-state index contributed by atoms with van der Waals surface area (Å²) in [6.07, 6.45) is 4.58. The van der Waals surface area contributed by atoms with Gasteiger partial charge >= 0.3 is 0 Å². The lowest BCUT2D eigenvalue weighted by molar-refractivity contribution is -0.114. The van der Waals surface area contributed by atoms with Crippen molar-refractivity contribution in [2.45, 2.75) is 38.7 Å². The van der Waals surface area contributed by atoms with Gasteiger partial charge in [0.25, 0.3) is 5.91 Å². The summed E-state index contributed by atoms with van der Waals surface area (Å²) in [6, 6.07) is 7.21. The van der Waals surface area contributed by atoms with Gasteiger partial charge in [-0.2, -0.15) is 0 Å². The van der Waals surface area contributed by atoms with Crippen LogP contribution >= 0.6 is 12.6 Å². The second kappa shape index (κ2) is 15.4. The number of carbonyl (C=O) groups excluding carboxylic acids is 2. The Hall–Kier alpha value is -2.49. The van der Waals surface area contributed by atoms with E-state index in [1.807, 2.05) is 39.8 Å². The predicted octanol–water partition coefficient (Wildman–Crippen LogP) is 1.26. The highest BCUT2D eigenvalue weighted by Crippen LogP contribution is 2.04. The molecule has 0 saturated carbocycles. The molecule has 166 valence electrons. The molecule has 7 N–H and O–H groups in total. The van der Waals surface area contributed by atoms with E-state index in [1.165, 1.54) is 12.3 Å². The fourth-order valence-corrected chi connectivity index (χ4v) is 1.88. The molecule has 0 heterocycles. The highest BCUT2D eigenvalue weighted by atomic mass is 32.1. The van der Waals surface area contributed by atoms with Gasteiger partial charge in [-0.25, -0.2) is 0 Å². The number of amides is 2. The van der Waals surface area contributed by atoms with E-state index in [0.29, 0.717) is 11.1 Å². The molecular formula is C20H36N4O4S. The first kappa shape index (κ1) is 28.7. The van der Waals surface area contributed by atoms with Gasteiger partial charge < -0.3 is 31.9 Å². The van der Waals surface area contributed by atoms with Crippen molar-refractivity contribution in [3.8, 4) is 0 Å². The number of primary amides is 1. The van der Waals surface area contributed by atoms with Crippen LogP contribution in [0.5, 0.6) is 0 Å². The lowest BCUT2D eigenvalue weighted by atomic mass is 10.1. The lowest BCUT2D eigenvalue weighted by Crippen LogP contribution is -2.39. The number of aliphatic hydroxyl groups is 2. The topological polar surface area (TPSA) is 137 Å². The molecule has 1 rings (SSSR count). The Labute approximate surface area is 180 Å². The van der Waals surface area contributed by atoms with Crippen molar-refractivity contribution in [3.05, 3.63) is 59.4 Å². The molecule has 0 aliphatic carbocycles. The maximum absolute atomic E-state index is 12.1. The third kappa shape index (κ3) is 14.2. The van der Waals surface area contributed by atoms with Crippen molar-refractivity contribution in [3.63, 3.8) is 0 Å². The van der Waals surface area contributed by atoms with Crippen molar-refractivity contribution >= 4 is 24.4 Å². The van der Waals surface area contributed by atoms with E-state index in [9.17, 15) is 9.59 Å². The Kier molecular flexibility index (Phi) is 15.3. The van der Waals surface area contributed by atoms with E-state index in [0.717, 1.165) is 19.8 Å². The minimum Gasteiger partial charge on any atom is -0.400 e. The smallest absolute Gasteiger partial charge is 0.253 e. The van der Waals surface area contributed by atoms with Crippen molar-refractivity contribution in [1.29, 1.82) is 0 Å². The van der Waals surface area contributed by atoms with Gasteiger partial charge in [0.15, 0.2) is 0 Å². The SMILES string of the molecule is CO.CO.Cc1ccc(C(=O)NC(S)N/C=C/C(=C\NC(C)(C)C)C(N)=O)cc1.[HH]. The number of aliphatic hydroxyl groups excluding tert-OH is 2. The molecule has 2 amide bonds. The van der Waals surface area contributed by atoms with Crippen LogP contribution in [0, 0.1) is 6.92 Å². The summed E-state index contributed by atoms with van der Waals surface area (Å²) < 4.78 is 0. The van der Waals surface area contributed by atoms with Crippen LogP contribution in [0.2, 0.25) is 0 Å². The van der Waals surface area contributed by atoms with Crippen LogP contribution < -0.4 is 21.7 Å². The number of carbonyl (C=O) groups is 2. The van der Waals surface area contributed by atoms with Gasteiger partial charge in [0.1, 0.15) is 5.50 Å². The number of rotatable bonds is 7. The van der Waals surface area contributed by atoms with Crippen molar-refractivity contribution in [2.75, 3.05) is 14.2 Å². The van der Waals surface area contributed by atoms with Crippen LogP contribution in [0.15, 0.2) is 48.3 Å². The summed E-state index contributed by atoms with van der Waals surface area (Å²) in [5.41, 5.74) is 6.46. The van der Waals surface area contributed by atoms with E-state index < -0.39 is 11.4 Å². The molecule has 0 saturated heterocycles. The summed E-state index contributed by atoms with van der Waals surface area (Å²) in [4.78, 5) is 23.5. The molecule has 0 radical (unpaired) electrons. The number of thiol groups is 1. The molecule has 8 nitrogen and oxygen atoms in total. The van der Waals surface area contributed by atoms with Crippen LogP contribution in [0.1, 0.15) is 38.1 Å². The molecule has 9 heteroatoms. The molecule has 0 fully saturated rings. The molecule has 29 heavy (non-hydrogen) atoms. The van der Waals surface area contributed by atoms with Crippen LogP contribution in [0.25, 0.3) is 0 Å². The molecular weight excluding hydrogens is 392 g/mol. The average Bonchev–Trinajstić information content (AvgIpc) is 2.67. The van der Waals surface area contributed by atoms with Gasteiger partial charge in [-0.05, 0) is 52.1 Å². The molecule has 1 aromatic carbocycles. The van der Waals surface area contributed by atoms with Crippen molar-refractivity contribution < 1.29 is 21.2 Å². The number of aryl methyl sites for hydroxylation is 1. The molecule has 0 aliphatic heterocycles. The van der Waals surface area contributed by atoms with Crippen molar-refractivity contribution in [2.24, 2.45) is 5.73 Å². The summed E-state index contributed by atoms with van der Waals surface area (Å²) in [5, 5.41) is 22.6. The van der Waals surface area contributed by atoms with E-state index in [-0.39, 0.29) is 12.9 Å². The van der Waals surface area contributed by atoms with Crippen LogP contribution in [-0.4, -0.2) is 47.3 Å². The fraction of sp³-hybridized carbons (Fsp3) is 0.400. The Bertz CT molecular complexity index is 674. The highest BCUT2D eigenvalue weighted by molar-refractivity contribution is 7.80. The standard InChI is InChI=1S/C18H26N4O2S.2CH4O.H2/c1-12-5-7-13(8-6-12)16(24)22-17(25)20-10-9-14(15(19)23)11-21-18(2,3)4;2*1-2;/h5-11,17,20-21,25H,1-4H3,(H2,19,23)(H,22,24);2*2H,1H3;1H/b10-9+,14-11+;;;. The van der Waals surface area contributed by atoms with Crippen LogP contribution in [0.4, 0.5) is 0 Å². The molecule has 0 bridgehead atoms. The third-order valence-electron chi connectivity index (χ3n) is 3.04. The Morgan fingerprint density at radius 1 is 1.14 bits per heavy atom. The molecule has 1 aromatic rings. The van der Waals surface area contributed by atoms with E-state index in [1.54, 1.807) is 18.3 Å². The number of nitrogens with one attached hydrogen (secondary N) is 3. The van der Waals surface area contributed by atoms with Gasteiger partial charge in [-0.15, -0.1) is 12.6 Å². The maximum Gasteiger partial charge on any atom is 0.253 e.